The first-order chi connectivity index (χ1) is 16.0. The summed E-state index contributed by atoms with van der Waals surface area (Å²) in [7, 11) is 1.40. The fourth-order valence-corrected chi connectivity index (χ4v) is 5.13. The zero-order valence-corrected chi connectivity index (χ0v) is 19.3. The Bertz CT molecular complexity index is 1360. The predicted octanol–water partition coefficient (Wildman–Crippen LogP) is 5.66. The number of carbonyl (C=O) groups is 2. The van der Waals surface area contributed by atoms with Gasteiger partial charge in [0.2, 0.25) is 0 Å². The minimum absolute atomic E-state index is 0.0221. The summed E-state index contributed by atoms with van der Waals surface area (Å²) < 4.78 is 12.0. The van der Waals surface area contributed by atoms with Gasteiger partial charge in [0.05, 0.1) is 20.1 Å². The average Bonchev–Trinajstić information content (AvgIpc) is 3.39. The van der Waals surface area contributed by atoms with E-state index in [1.165, 1.54) is 7.11 Å². The summed E-state index contributed by atoms with van der Waals surface area (Å²) >= 11 is 1.58. The third-order valence-corrected chi connectivity index (χ3v) is 6.99. The zero-order chi connectivity index (χ0) is 22.9. The van der Waals surface area contributed by atoms with Crippen LogP contribution in [0, 0.1) is 6.92 Å². The lowest BCUT2D eigenvalue weighted by Crippen LogP contribution is -2.22. The van der Waals surface area contributed by atoms with Crippen molar-refractivity contribution in [3.63, 3.8) is 0 Å². The molecule has 0 saturated carbocycles. The standard InChI is InChI=1S/C27H23NO4S/c1-17-6-8-20(9-7-17)28-14-24-18(4-3-5-23(24)27(28)30)15-32-21-10-11-22-19(12-26(29)31-2)16-33-25(22)13-21/h3-11,13,16H,12,14-15H2,1-2H3. The lowest BCUT2D eigenvalue weighted by molar-refractivity contribution is -0.139. The summed E-state index contributed by atoms with van der Waals surface area (Å²) in [5.41, 5.74) is 5.78. The highest BCUT2D eigenvalue weighted by molar-refractivity contribution is 7.17. The molecule has 0 N–H and O–H groups in total. The van der Waals surface area contributed by atoms with Gasteiger partial charge in [-0.15, -0.1) is 11.3 Å². The Morgan fingerprint density at radius 2 is 1.88 bits per heavy atom. The van der Waals surface area contributed by atoms with E-state index in [0.29, 0.717) is 13.2 Å². The molecule has 0 aliphatic carbocycles. The van der Waals surface area contributed by atoms with Gasteiger partial charge in [-0.1, -0.05) is 29.8 Å². The van der Waals surface area contributed by atoms with Gasteiger partial charge in [-0.3, -0.25) is 9.59 Å². The van der Waals surface area contributed by atoms with Crippen molar-refractivity contribution in [2.45, 2.75) is 26.5 Å². The number of thiophene rings is 1. The monoisotopic (exact) mass is 457 g/mol. The van der Waals surface area contributed by atoms with Crippen molar-refractivity contribution in [1.29, 1.82) is 0 Å². The number of fused-ring (bicyclic) bond motifs is 2. The van der Waals surface area contributed by atoms with Crippen LogP contribution in [-0.2, 0) is 29.1 Å². The van der Waals surface area contributed by atoms with Gasteiger partial charge in [-0.2, -0.15) is 0 Å². The van der Waals surface area contributed by atoms with E-state index in [4.69, 9.17) is 9.47 Å². The number of hydrogen-bond donors (Lipinski definition) is 0. The fraction of sp³-hybridized carbons (Fsp3) is 0.185. The first-order valence-corrected chi connectivity index (χ1v) is 11.6. The molecule has 5 nitrogen and oxygen atoms in total. The summed E-state index contributed by atoms with van der Waals surface area (Å²) in [6, 6.07) is 19.7. The van der Waals surface area contributed by atoms with Crippen LogP contribution in [0.15, 0.2) is 66.0 Å². The maximum Gasteiger partial charge on any atom is 0.310 e. The van der Waals surface area contributed by atoms with Crippen LogP contribution in [0.1, 0.15) is 32.6 Å². The summed E-state index contributed by atoms with van der Waals surface area (Å²) in [6.07, 6.45) is 0.262. The van der Waals surface area contributed by atoms with Crippen LogP contribution in [-0.4, -0.2) is 19.0 Å². The normalized spacial score (nSPS) is 12.8. The van der Waals surface area contributed by atoms with Crippen molar-refractivity contribution in [2.24, 2.45) is 0 Å². The Balaban J connectivity index is 1.34. The van der Waals surface area contributed by atoms with E-state index >= 15 is 0 Å². The number of benzene rings is 3. The van der Waals surface area contributed by atoms with Crippen LogP contribution in [0.4, 0.5) is 5.69 Å². The molecule has 0 bridgehead atoms. The van der Waals surface area contributed by atoms with Crippen LogP contribution in [0.5, 0.6) is 5.75 Å². The van der Waals surface area contributed by atoms with E-state index in [0.717, 1.165) is 49.3 Å². The minimum Gasteiger partial charge on any atom is -0.489 e. The van der Waals surface area contributed by atoms with Crippen LogP contribution in [0.25, 0.3) is 10.1 Å². The maximum absolute atomic E-state index is 13.0. The Hall–Kier alpha value is -3.64. The molecule has 0 saturated heterocycles. The number of anilines is 1. The molecule has 0 spiro atoms. The smallest absolute Gasteiger partial charge is 0.310 e. The van der Waals surface area contributed by atoms with Crippen LogP contribution in [0.2, 0.25) is 0 Å². The SMILES string of the molecule is COC(=O)Cc1csc2cc(OCc3cccc4c3CN(c3ccc(C)cc3)C4=O)ccc12. The van der Waals surface area contributed by atoms with E-state index in [-0.39, 0.29) is 18.3 Å². The number of aryl methyl sites for hydroxylation is 1. The first-order valence-electron chi connectivity index (χ1n) is 10.7. The number of rotatable bonds is 6. The molecule has 1 aliphatic rings. The van der Waals surface area contributed by atoms with Crippen molar-refractivity contribution < 1.29 is 19.1 Å². The molecule has 33 heavy (non-hydrogen) atoms. The van der Waals surface area contributed by atoms with E-state index in [1.54, 1.807) is 11.3 Å². The Morgan fingerprint density at radius 3 is 2.67 bits per heavy atom. The van der Waals surface area contributed by atoms with Crippen molar-refractivity contribution >= 4 is 39.0 Å². The van der Waals surface area contributed by atoms with E-state index in [1.807, 2.05) is 77.9 Å². The second-order valence-corrected chi connectivity index (χ2v) is 9.04. The molecule has 0 radical (unpaired) electrons. The fourth-order valence-electron chi connectivity index (χ4n) is 4.14. The first kappa shape index (κ1) is 21.2. The third-order valence-electron chi connectivity index (χ3n) is 5.99. The number of nitrogens with zero attached hydrogens (tertiary/aromatic N) is 1. The quantitative estimate of drug-likeness (QED) is 0.350. The van der Waals surface area contributed by atoms with E-state index in [2.05, 4.69) is 0 Å². The Morgan fingerprint density at radius 1 is 1.06 bits per heavy atom. The molecule has 1 aromatic heterocycles. The van der Waals surface area contributed by atoms with Gasteiger partial charge in [0.25, 0.3) is 5.91 Å². The molecule has 2 heterocycles. The molecule has 0 atom stereocenters. The van der Waals surface area contributed by atoms with Gasteiger partial charge < -0.3 is 14.4 Å². The van der Waals surface area contributed by atoms with Gasteiger partial charge in [-0.25, -0.2) is 0 Å². The molecule has 1 aliphatic heterocycles. The summed E-state index contributed by atoms with van der Waals surface area (Å²) in [4.78, 5) is 26.4. The lowest BCUT2D eigenvalue weighted by atomic mass is 10.0. The third kappa shape index (κ3) is 4.10. The van der Waals surface area contributed by atoms with Gasteiger partial charge in [0.1, 0.15) is 12.4 Å². The average molecular weight is 458 g/mol. The second kappa shape index (κ2) is 8.71. The molecule has 0 unspecified atom stereocenters. The molecular weight excluding hydrogens is 434 g/mol. The number of esters is 1. The number of amides is 1. The molecule has 166 valence electrons. The van der Waals surface area contributed by atoms with Crippen molar-refractivity contribution in [1.82, 2.24) is 0 Å². The van der Waals surface area contributed by atoms with Crippen molar-refractivity contribution in [2.75, 3.05) is 12.0 Å². The summed E-state index contributed by atoms with van der Waals surface area (Å²) in [5.74, 6) is 0.530. The van der Waals surface area contributed by atoms with Gasteiger partial charge in [0, 0.05) is 16.0 Å². The van der Waals surface area contributed by atoms with Crippen LogP contribution >= 0.6 is 11.3 Å². The Kier molecular flexibility index (Phi) is 5.60. The van der Waals surface area contributed by atoms with Crippen molar-refractivity contribution in [3.8, 4) is 5.75 Å². The molecule has 4 aromatic rings. The molecule has 5 rings (SSSR count). The summed E-state index contributed by atoms with van der Waals surface area (Å²) in [6.45, 7) is 2.95. The van der Waals surface area contributed by atoms with Gasteiger partial charge in [0.15, 0.2) is 0 Å². The molecular formula is C27H23NO4S. The highest BCUT2D eigenvalue weighted by Gasteiger charge is 2.30. The van der Waals surface area contributed by atoms with Crippen LogP contribution < -0.4 is 9.64 Å². The topological polar surface area (TPSA) is 55.8 Å². The Labute approximate surface area is 196 Å². The molecule has 6 heteroatoms. The van der Waals surface area contributed by atoms with Crippen molar-refractivity contribution in [3.05, 3.63) is 93.9 Å². The number of ether oxygens (including phenoxy) is 2. The van der Waals surface area contributed by atoms with E-state index < -0.39 is 0 Å². The second-order valence-electron chi connectivity index (χ2n) is 8.13. The molecule has 3 aromatic carbocycles. The predicted molar refractivity (Wildman–Crippen MR) is 130 cm³/mol. The van der Waals surface area contributed by atoms with Gasteiger partial charge >= 0.3 is 5.97 Å². The molecule has 1 amide bonds. The summed E-state index contributed by atoms with van der Waals surface area (Å²) in [5, 5.41) is 3.03. The number of carbonyl (C=O) groups excluding carboxylic acids is 2. The number of methoxy groups -OCH3 is 1. The highest BCUT2D eigenvalue weighted by Crippen LogP contribution is 2.33. The maximum atomic E-state index is 13.0. The lowest BCUT2D eigenvalue weighted by Gasteiger charge is -2.16. The minimum atomic E-state index is -0.248. The highest BCUT2D eigenvalue weighted by atomic mass is 32.1. The van der Waals surface area contributed by atoms with E-state index in [9.17, 15) is 9.59 Å². The van der Waals surface area contributed by atoms with Crippen LogP contribution in [0.3, 0.4) is 0 Å². The van der Waals surface area contributed by atoms with Gasteiger partial charge in [-0.05, 0) is 70.8 Å². The zero-order valence-electron chi connectivity index (χ0n) is 18.5. The largest absolute Gasteiger partial charge is 0.489 e. The number of hydrogen-bond acceptors (Lipinski definition) is 5. The molecule has 0 fully saturated rings.